The average molecular weight is 710 g/mol. The molecule has 0 unspecified atom stereocenters. The van der Waals surface area contributed by atoms with Crippen LogP contribution < -0.4 is 0 Å². The number of pyridine rings is 2. The van der Waals surface area contributed by atoms with E-state index in [-0.39, 0.29) is 25.0 Å². The number of halogens is 6. The fourth-order valence-electron chi connectivity index (χ4n) is 2.43. The molecule has 228 valence electrons. The van der Waals surface area contributed by atoms with E-state index in [0.29, 0.717) is 0 Å². The Hall–Kier alpha value is -1.72. The molecule has 1 fully saturated rings. The van der Waals surface area contributed by atoms with Gasteiger partial charge in [0, 0.05) is 12.4 Å². The van der Waals surface area contributed by atoms with Crippen LogP contribution in [0.5, 0.6) is 0 Å². The fraction of sp³-hybridized carbons (Fsp3) is 0.318. The van der Waals surface area contributed by atoms with Gasteiger partial charge < -0.3 is 14.6 Å². The number of nitrogens with zero attached hydrogens (tertiary/aromatic N) is 2. The molecule has 40 heavy (non-hydrogen) atoms. The van der Waals surface area contributed by atoms with Gasteiger partial charge in [0.1, 0.15) is 0 Å². The topological polar surface area (TPSA) is 172 Å². The van der Waals surface area contributed by atoms with Crippen LogP contribution in [0.2, 0.25) is 0 Å². The van der Waals surface area contributed by atoms with Gasteiger partial charge in [-0.15, -0.1) is 0 Å². The molecule has 2 N–H and O–H groups in total. The second-order valence-electron chi connectivity index (χ2n) is 7.35. The van der Waals surface area contributed by atoms with Crippen molar-refractivity contribution in [2.24, 2.45) is 0 Å². The van der Waals surface area contributed by atoms with Crippen LogP contribution in [0.4, 0.5) is 26.3 Å². The SMILES string of the molecule is C[C]1[C](C)[C](C)[C](C)[C]1C.O.O=S(=O)([O-])C(F)(F)F.O=S(=O)([O-])C(F)(F)F.[Rh+2].c1ccc(-c2ccccn2)nc1. The third-order valence-electron chi connectivity index (χ3n) is 4.97. The first kappa shape index (κ1) is 42.7. The van der Waals surface area contributed by atoms with Crippen molar-refractivity contribution >= 4 is 20.2 Å². The van der Waals surface area contributed by atoms with Gasteiger partial charge in [0.2, 0.25) is 0 Å². The summed E-state index contributed by atoms with van der Waals surface area (Å²) in [5.74, 6) is 7.34. The second-order valence-corrected chi connectivity index (χ2v) is 10.1. The Morgan fingerprint density at radius 3 is 0.900 bits per heavy atom. The summed E-state index contributed by atoms with van der Waals surface area (Å²) in [4.78, 5) is 8.37. The maximum atomic E-state index is 10.7. The zero-order chi connectivity index (χ0) is 30.1. The Balaban J connectivity index is -0.000000457. The molecule has 6 radical (unpaired) electrons. The zero-order valence-electron chi connectivity index (χ0n) is 21.4. The van der Waals surface area contributed by atoms with E-state index in [9.17, 15) is 26.3 Å². The first-order chi connectivity index (χ1) is 17.0. The molecule has 2 heterocycles. The van der Waals surface area contributed by atoms with Crippen LogP contribution in [0, 0.1) is 29.6 Å². The molecule has 0 bridgehead atoms. The second kappa shape index (κ2) is 17.3. The molecule has 2 aromatic rings. The van der Waals surface area contributed by atoms with E-state index in [1.54, 1.807) is 12.4 Å². The van der Waals surface area contributed by atoms with Crippen LogP contribution in [-0.4, -0.2) is 52.4 Å². The smallest absolute Gasteiger partial charge is 0.741 e. The van der Waals surface area contributed by atoms with Gasteiger partial charge >= 0.3 is 30.5 Å². The van der Waals surface area contributed by atoms with Gasteiger partial charge in [0.15, 0.2) is 20.2 Å². The molecule has 1 aliphatic carbocycles. The van der Waals surface area contributed by atoms with Crippen molar-refractivity contribution in [1.29, 1.82) is 0 Å². The molecule has 0 amide bonds. The normalized spacial score (nSPS) is 15.6. The molecule has 0 aromatic carbocycles. The van der Waals surface area contributed by atoms with E-state index >= 15 is 0 Å². The Bertz CT molecular complexity index is 1060. The summed E-state index contributed by atoms with van der Waals surface area (Å²) in [5.41, 5.74) is -9.46. The summed E-state index contributed by atoms with van der Waals surface area (Å²) in [6, 6.07) is 11.6. The summed E-state index contributed by atoms with van der Waals surface area (Å²) in [6.07, 6.45) is 3.54. The predicted octanol–water partition coefficient (Wildman–Crippen LogP) is 4.39. The molecule has 0 saturated heterocycles. The molecule has 1 saturated carbocycles. The van der Waals surface area contributed by atoms with Crippen molar-refractivity contribution in [3.05, 3.63) is 78.4 Å². The minimum absolute atomic E-state index is 0. The van der Waals surface area contributed by atoms with Crippen molar-refractivity contribution < 1.29 is 77.2 Å². The van der Waals surface area contributed by atoms with E-state index in [2.05, 4.69) is 44.6 Å². The van der Waals surface area contributed by atoms with Crippen LogP contribution in [0.1, 0.15) is 34.6 Å². The molecule has 0 atom stereocenters. The average Bonchev–Trinajstić information content (AvgIpc) is 2.96. The molecule has 9 nitrogen and oxygen atoms in total. The third kappa shape index (κ3) is 14.3. The molecular formula is C22H25F6N2O7RhS2. The maximum absolute atomic E-state index is 10.7. The Morgan fingerprint density at radius 2 is 0.775 bits per heavy atom. The Kier molecular flexibility index (Phi) is 18.5. The van der Waals surface area contributed by atoms with Crippen molar-refractivity contribution in [2.45, 2.75) is 45.6 Å². The van der Waals surface area contributed by atoms with Crippen molar-refractivity contribution in [3.8, 4) is 11.4 Å². The molecular weight excluding hydrogens is 685 g/mol. The minimum atomic E-state index is -6.09. The zero-order valence-corrected chi connectivity index (χ0v) is 24.7. The van der Waals surface area contributed by atoms with Crippen LogP contribution in [0.3, 0.4) is 0 Å². The summed E-state index contributed by atoms with van der Waals surface area (Å²) in [6.45, 7) is 11.0. The van der Waals surface area contributed by atoms with Gasteiger partial charge in [-0.2, -0.15) is 26.3 Å². The summed E-state index contributed by atoms with van der Waals surface area (Å²) in [5, 5.41) is 0. The Morgan fingerprint density at radius 1 is 0.575 bits per heavy atom. The molecule has 1 aliphatic rings. The number of hydrogen-bond donors (Lipinski definition) is 0. The molecule has 3 rings (SSSR count). The predicted molar refractivity (Wildman–Crippen MR) is 127 cm³/mol. The van der Waals surface area contributed by atoms with E-state index in [0.717, 1.165) is 11.4 Å². The van der Waals surface area contributed by atoms with Crippen LogP contribution in [0.15, 0.2) is 48.8 Å². The molecule has 2 aromatic heterocycles. The number of rotatable bonds is 1. The first-order valence-electron chi connectivity index (χ1n) is 10.1. The van der Waals surface area contributed by atoms with Gasteiger partial charge in [-0.25, -0.2) is 16.8 Å². The maximum Gasteiger partial charge on any atom is 2.00 e. The number of alkyl halides is 6. The van der Waals surface area contributed by atoms with Crippen molar-refractivity contribution in [2.75, 3.05) is 0 Å². The van der Waals surface area contributed by atoms with Crippen LogP contribution in [0.25, 0.3) is 11.4 Å². The van der Waals surface area contributed by atoms with E-state index in [1.807, 2.05) is 36.4 Å². The van der Waals surface area contributed by atoms with Crippen molar-refractivity contribution in [1.82, 2.24) is 9.97 Å². The van der Waals surface area contributed by atoms with Gasteiger partial charge in [0.25, 0.3) is 0 Å². The van der Waals surface area contributed by atoms with Crippen LogP contribution in [-0.2, 0) is 39.7 Å². The van der Waals surface area contributed by atoms with Gasteiger partial charge in [-0.3, -0.25) is 9.97 Å². The first-order valence-corrected chi connectivity index (χ1v) is 12.9. The van der Waals surface area contributed by atoms with E-state index in [4.69, 9.17) is 25.9 Å². The van der Waals surface area contributed by atoms with Gasteiger partial charge in [0.05, 0.1) is 11.4 Å². The third-order valence-corrected chi connectivity index (χ3v) is 6.11. The standard InChI is InChI=1S/C10H8N2.C10H15.2CHF3O3S.H2O.Rh/c1-3-7-11-9(5-1)10-6-2-4-8-12-10;1-6-7(2)9(4)10(5)8(6)3;2*2-1(3,4)8(5,6)7;;/h1-8H;1-5H3;2*(H,5,6,7);1H2;/q;;;;;+2/p-2. The van der Waals surface area contributed by atoms with E-state index in [1.165, 1.54) is 29.6 Å². The summed E-state index contributed by atoms with van der Waals surface area (Å²) < 4.78 is 118. The van der Waals surface area contributed by atoms with Crippen LogP contribution >= 0.6 is 0 Å². The van der Waals surface area contributed by atoms with Gasteiger partial charge in [-0.05, 0) is 53.9 Å². The quantitative estimate of drug-likeness (QED) is 0.182. The molecule has 0 spiro atoms. The monoisotopic (exact) mass is 710 g/mol. The fourth-order valence-corrected chi connectivity index (χ4v) is 2.43. The largest absolute Gasteiger partial charge is 2.00 e. The Labute approximate surface area is 242 Å². The number of aromatic nitrogens is 2. The van der Waals surface area contributed by atoms with E-state index < -0.39 is 31.3 Å². The molecule has 18 heteroatoms. The summed E-state index contributed by atoms with van der Waals surface area (Å²) >= 11 is 0. The van der Waals surface area contributed by atoms with Gasteiger partial charge in [-0.1, -0.05) is 46.8 Å². The molecule has 0 aliphatic heterocycles. The minimum Gasteiger partial charge on any atom is -0.741 e. The number of hydrogen-bond acceptors (Lipinski definition) is 8. The summed E-state index contributed by atoms with van der Waals surface area (Å²) in [7, 11) is -12.2. The van der Waals surface area contributed by atoms with Crippen molar-refractivity contribution in [3.63, 3.8) is 0 Å².